The highest BCUT2D eigenvalue weighted by Crippen LogP contribution is 1.83. The summed E-state index contributed by atoms with van der Waals surface area (Å²) in [6.45, 7) is 1.30. The second-order valence-electron chi connectivity index (χ2n) is 1.37. The Kier molecular flexibility index (Phi) is 3.27. The van der Waals surface area contributed by atoms with Crippen molar-refractivity contribution in [3.05, 3.63) is 12.1 Å². The molecular weight excluding hydrogens is 122 g/mol. The molecule has 0 atom stereocenters. The third-order valence-corrected chi connectivity index (χ3v) is 0.594. The molecule has 0 aromatic carbocycles. The molecule has 1 radical (unpaired) electrons. The van der Waals surface area contributed by atoms with Crippen molar-refractivity contribution in [2.75, 3.05) is 7.11 Å². The highest BCUT2D eigenvalue weighted by molar-refractivity contribution is 5.73. The highest BCUT2D eigenvalue weighted by Gasteiger charge is 1.90. The van der Waals surface area contributed by atoms with E-state index in [1.807, 2.05) is 0 Å². The molecule has 0 spiro atoms. The molecule has 4 nitrogen and oxygen atoms in total. The molecule has 0 heterocycles. The third-order valence-electron chi connectivity index (χ3n) is 0.594. The minimum absolute atomic E-state index is 0.291. The first-order valence-corrected chi connectivity index (χ1v) is 2.35. The lowest BCUT2D eigenvalue weighted by atomic mass is 10.7. The minimum Gasteiger partial charge on any atom is -0.465 e. The Morgan fingerprint density at radius 1 is 1.67 bits per heavy atom. The number of carbonyl (C=O) groups is 1. The first-order chi connectivity index (χ1) is 4.16. The summed E-state index contributed by atoms with van der Waals surface area (Å²) in [6.07, 6.45) is 0.961. The van der Waals surface area contributed by atoms with E-state index in [2.05, 4.69) is 10.1 Å². The van der Waals surface area contributed by atoms with Crippen LogP contribution >= 0.6 is 0 Å². The van der Waals surface area contributed by atoms with E-state index in [4.69, 9.17) is 0 Å². The summed E-state index contributed by atoms with van der Waals surface area (Å²) >= 11 is 0. The van der Waals surface area contributed by atoms with Gasteiger partial charge in [0.25, 0.3) is 0 Å². The topological polar surface area (TPSA) is 58.2 Å². The van der Waals surface area contributed by atoms with Gasteiger partial charge in [0.1, 0.15) is 0 Å². The molecule has 0 aliphatic rings. The number of hydrogen-bond acceptors (Lipinski definition) is 2. The van der Waals surface area contributed by atoms with Gasteiger partial charge in [-0.05, 0) is 0 Å². The van der Waals surface area contributed by atoms with Crippen LogP contribution < -0.4 is 5.32 Å². The standard InChI is InChI=1S/C5H8NO3/c1-4(7)6-3-5(8)9-2/h3H,1-2H3,(H,6,7). The number of methoxy groups -OCH3 is 1. The fourth-order valence-corrected chi connectivity index (χ4v) is 0.219. The molecule has 51 valence electrons. The summed E-state index contributed by atoms with van der Waals surface area (Å²) in [5.41, 5.74) is 0. The predicted molar refractivity (Wildman–Crippen MR) is 29.6 cm³/mol. The first kappa shape index (κ1) is 7.81. The number of nitrogens with one attached hydrogen (secondary N) is 1. The van der Waals surface area contributed by atoms with E-state index in [0.717, 1.165) is 6.20 Å². The van der Waals surface area contributed by atoms with E-state index in [9.17, 15) is 9.90 Å². The lowest BCUT2D eigenvalue weighted by Gasteiger charge is -1.92. The smallest absolute Gasteiger partial charge is 0.346 e. The molecule has 0 bridgehead atoms. The van der Waals surface area contributed by atoms with Crippen molar-refractivity contribution >= 4 is 5.91 Å². The van der Waals surface area contributed by atoms with Gasteiger partial charge in [0.2, 0.25) is 5.91 Å². The van der Waals surface area contributed by atoms with Gasteiger partial charge in [0, 0.05) is 6.92 Å². The van der Waals surface area contributed by atoms with Crippen LogP contribution in [0.5, 0.6) is 0 Å². The lowest BCUT2D eigenvalue weighted by Crippen LogP contribution is -2.12. The maximum Gasteiger partial charge on any atom is 0.346 e. The Morgan fingerprint density at radius 2 is 2.22 bits per heavy atom. The monoisotopic (exact) mass is 130 g/mol. The van der Waals surface area contributed by atoms with E-state index in [0.29, 0.717) is 0 Å². The van der Waals surface area contributed by atoms with Crippen LogP contribution in [0.15, 0.2) is 12.1 Å². The summed E-state index contributed by atoms with van der Waals surface area (Å²) in [5.74, 6) is -0.856. The molecule has 0 aliphatic heterocycles. The average molecular weight is 130 g/mol. The van der Waals surface area contributed by atoms with Crippen LogP contribution in [0, 0.1) is 0 Å². The highest BCUT2D eigenvalue weighted by atomic mass is 16.6. The number of ether oxygens (including phenoxy) is 1. The maximum absolute atomic E-state index is 10.2. The lowest BCUT2D eigenvalue weighted by molar-refractivity contribution is -0.118. The molecule has 0 unspecified atom stereocenters. The molecule has 1 N–H and O–H groups in total. The summed E-state index contributed by atoms with van der Waals surface area (Å²) in [4.78, 5) is 10.1. The van der Waals surface area contributed by atoms with E-state index in [1.54, 1.807) is 0 Å². The second-order valence-corrected chi connectivity index (χ2v) is 1.37. The van der Waals surface area contributed by atoms with Crippen LogP contribution in [-0.4, -0.2) is 13.0 Å². The molecule has 1 amide bonds. The maximum atomic E-state index is 10.2. The summed E-state index contributed by atoms with van der Waals surface area (Å²) in [7, 11) is 1.24. The van der Waals surface area contributed by atoms with Gasteiger partial charge in [-0.1, -0.05) is 0 Å². The van der Waals surface area contributed by atoms with Crippen LogP contribution in [0.25, 0.3) is 0 Å². The van der Waals surface area contributed by atoms with Crippen molar-refractivity contribution in [1.29, 1.82) is 0 Å². The Bertz CT molecular complexity index is 130. The number of rotatable bonds is 2. The van der Waals surface area contributed by atoms with Crippen molar-refractivity contribution in [3.63, 3.8) is 0 Å². The predicted octanol–water partition coefficient (Wildman–Crippen LogP) is -0.00170. The van der Waals surface area contributed by atoms with Gasteiger partial charge in [0.15, 0.2) is 0 Å². The van der Waals surface area contributed by atoms with Gasteiger partial charge < -0.3 is 10.1 Å². The van der Waals surface area contributed by atoms with Crippen LogP contribution in [0.2, 0.25) is 0 Å². The second kappa shape index (κ2) is 3.77. The zero-order valence-electron chi connectivity index (χ0n) is 5.30. The molecule has 0 saturated carbocycles. The van der Waals surface area contributed by atoms with Crippen molar-refractivity contribution < 1.29 is 14.6 Å². The number of carbonyl (C=O) groups excluding carboxylic acids is 1. The Morgan fingerprint density at radius 3 is 2.56 bits per heavy atom. The minimum atomic E-state index is -0.565. The molecule has 0 fully saturated rings. The van der Waals surface area contributed by atoms with Crippen molar-refractivity contribution in [3.8, 4) is 0 Å². The molecule has 0 aromatic rings. The molecule has 0 rings (SSSR count). The number of amides is 1. The van der Waals surface area contributed by atoms with Crippen molar-refractivity contribution in [2.24, 2.45) is 0 Å². The summed E-state index contributed by atoms with van der Waals surface area (Å²) in [5, 5.41) is 12.4. The number of hydrogen-bond donors (Lipinski definition) is 1. The molecule has 0 saturated heterocycles. The average Bonchev–Trinajstić information content (AvgIpc) is 1.83. The van der Waals surface area contributed by atoms with Gasteiger partial charge >= 0.3 is 5.95 Å². The molecule has 0 aliphatic carbocycles. The Labute approximate surface area is 53.1 Å². The summed E-state index contributed by atoms with van der Waals surface area (Å²) < 4.78 is 4.19. The van der Waals surface area contributed by atoms with Crippen molar-refractivity contribution in [1.82, 2.24) is 5.32 Å². The van der Waals surface area contributed by atoms with Gasteiger partial charge in [-0.3, -0.25) is 4.79 Å². The quantitative estimate of drug-likeness (QED) is 0.535. The van der Waals surface area contributed by atoms with Crippen LogP contribution in [0.1, 0.15) is 6.92 Å². The SMILES string of the molecule is COC([O])=CNC(C)=O. The largest absolute Gasteiger partial charge is 0.465 e. The third kappa shape index (κ3) is 4.67. The van der Waals surface area contributed by atoms with Gasteiger partial charge in [-0.15, -0.1) is 0 Å². The molecule has 9 heavy (non-hydrogen) atoms. The summed E-state index contributed by atoms with van der Waals surface area (Å²) in [6, 6.07) is 0. The molecular formula is C5H8NO3. The fraction of sp³-hybridized carbons (Fsp3) is 0.400. The van der Waals surface area contributed by atoms with E-state index in [1.165, 1.54) is 14.0 Å². The first-order valence-electron chi connectivity index (χ1n) is 2.35. The van der Waals surface area contributed by atoms with Crippen molar-refractivity contribution in [2.45, 2.75) is 6.92 Å². The van der Waals surface area contributed by atoms with E-state index >= 15 is 0 Å². The zero-order chi connectivity index (χ0) is 7.28. The Hall–Kier alpha value is -1.19. The van der Waals surface area contributed by atoms with Crippen LogP contribution in [0.4, 0.5) is 0 Å². The van der Waals surface area contributed by atoms with Crippen LogP contribution in [-0.2, 0) is 14.6 Å². The normalized spacial score (nSPS) is 10.7. The molecule has 0 aromatic heterocycles. The van der Waals surface area contributed by atoms with E-state index < -0.39 is 5.95 Å². The Balaban J connectivity index is 3.56. The van der Waals surface area contributed by atoms with Gasteiger partial charge in [-0.25, -0.2) is 5.11 Å². The van der Waals surface area contributed by atoms with Gasteiger partial charge in [0.05, 0.1) is 13.3 Å². The fourth-order valence-electron chi connectivity index (χ4n) is 0.219. The zero-order valence-corrected chi connectivity index (χ0v) is 5.30. The van der Waals surface area contributed by atoms with E-state index in [-0.39, 0.29) is 5.91 Å². The van der Waals surface area contributed by atoms with Crippen LogP contribution in [0.3, 0.4) is 0 Å². The van der Waals surface area contributed by atoms with Gasteiger partial charge in [-0.2, -0.15) is 0 Å². The molecule has 4 heteroatoms.